The van der Waals surface area contributed by atoms with Crippen LogP contribution in [0.5, 0.6) is 0 Å². The highest BCUT2D eigenvalue weighted by Crippen LogP contribution is 2.28. The van der Waals surface area contributed by atoms with E-state index < -0.39 is 10.0 Å². The summed E-state index contributed by atoms with van der Waals surface area (Å²) in [5.74, 6) is 0.649. The van der Waals surface area contributed by atoms with Gasteiger partial charge in [0.25, 0.3) is 0 Å². The molecule has 0 aromatic carbocycles. The molecule has 0 bridgehead atoms. The first-order chi connectivity index (χ1) is 10.0. The van der Waals surface area contributed by atoms with E-state index in [4.69, 9.17) is 4.42 Å². The molecule has 1 fully saturated rings. The van der Waals surface area contributed by atoms with Gasteiger partial charge in [0.15, 0.2) is 6.39 Å². The Labute approximate surface area is 124 Å². The standard InChI is InChI=1S/C13H20N2O5S/c1-19-13(16)3-2-8-21(17,18)15-6-4-11(5-7-15)12-9-14-10-20-12/h9-11H,2-8H2,1H3. The molecule has 0 spiro atoms. The van der Waals surface area contributed by atoms with Crippen LogP contribution in [0.4, 0.5) is 0 Å². The predicted octanol–water partition coefficient (Wildman–Crippen LogP) is 1.14. The van der Waals surface area contributed by atoms with Crippen LogP contribution in [0.15, 0.2) is 17.0 Å². The molecule has 1 aromatic rings. The number of oxazole rings is 1. The first-order valence-electron chi connectivity index (χ1n) is 6.96. The van der Waals surface area contributed by atoms with Crippen molar-refractivity contribution in [3.8, 4) is 0 Å². The number of carbonyl (C=O) groups is 1. The average molecular weight is 316 g/mol. The van der Waals surface area contributed by atoms with Crippen LogP contribution in [-0.4, -0.2) is 49.6 Å². The monoisotopic (exact) mass is 316 g/mol. The zero-order valence-electron chi connectivity index (χ0n) is 12.0. The number of sulfonamides is 1. The lowest BCUT2D eigenvalue weighted by atomic mass is 9.96. The van der Waals surface area contributed by atoms with Crippen LogP contribution >= 0.6 is 0 Å². The Morgan fingerprint density at radius 3 is 2.76 bits per heavy atom. The molecule has 118 valence electrons. The molecule has 1 aliphatic heterocycles. The van der Waals surface area contributed by atoms with E-state index in [0.717, 1.165) is 18.6 Å². The van der Waals surface area contributed by atoms with Gasteiger partial charge in [0, 0.05) is 25.4 Å². The summed E-state index contributed by atoms with van der Waals surface area (Å²) in [4.78, 5) is 14.9. The molecule has 1 aromatic heterocycles. The summed E-state index contributed by atoms with van der Waals surface area (Å²) < 4.78 is 35.6. The molecule has 0 amide bonds. The van der Waals surface area contributed by atoms with Crippen molar-refractivity contribution in [3.05, 3.63) is 18.4 Å². The van der Waals surface area contributed by atoms with E-state index in [-0.39, 0.29) is 30.5 Å². The summed E-state index contributed by atoms with van der Waals surface area (Å²) in [6.45, 7) is 0.956. The van der Waals surface area contributed by atoms with Gasteiger partial charge in [-0.2, -0.15) is 0 Å². The van der Waals surface area contributed by atoms with Gasteiger partial charge in [0.1, 0.15) is 5.76 Å². The van der Waals surface area contributed by atoms with Crippen LogP contribution in [0.25, 0.3) is 0 Å². The molecular formula is C13H20N2O5S. The molecule has 0 atom stereocenters. The van der Waals surface area contributed by atoms with Crippen molar-refractivity contribution < 1.29 is 22.4 Å². The van der Waals surface area contributed by atoms with Crippen LogP contribution in [0.2, 0.25) is 0 Å². The predicted molar refractivity (Wildman–Crippen MR) is 75.1 cm³/mol. The minimum atomic E-state index is -3.30. The fraction of sp³-hybridized carbons (Fsp3) is 0.692. The Balaban J connectivity index is 1.81. The Morgan fingerprint density at radius 1 is 1.48 bits per heavy atom. The minimum absolute atomic E-state index is 0.0188. The summed E-state index contributed by atoms with van der Waals surface area (Å²) in [7, 11) is -2.00. The lowest BCUT2D eigenvalue weighted by molar-refractivity contribution is -0.140. The van der Waals surface area contributed by atoms with Crippen molar-refractivity contribution in [2.45, 2.75) is 31.6 Å². The second-order valence-corrected chi connectivity index (χ2v) is 7.16. The van der Waals surface area contributed by atoms with Crippen LogP contribution in [0.1, 0.15) is 37.4 Å². The van der Waals surface area contributed by atoms with Gasteiger partial charge < -0.3 is 9.15 Å². The Hall–Kier alpha value is -1.41. The highest BCUT2D eigenvalue weighted by atomic mass is 32.2. The molecule has 0 unspecified atom stereocenters. The van der Waals surface area contributed by atoms with Crippen LogP contribution < -0.4 is 0 Å². The van der Waals surface area contributed by atoms with Crippen molar-refractivity contribution in [1.82, 2.24) is 9.29 Å². The van der Waals surface area contributed by atoms with E-state index in [1.807, 2.05) is 0 Å². The zero-order valence-corrected chi connectivity index (χ0v) is 12.8. The normalized spacial score (nSPS) is 17.8. The second kappa shape index (κ2) is 7.04. The third kappa shape index (κ3) is 4.28. The zero-order chi connectivity index (χ0) is 15.3. The van der Waals surface area contributed by atoms with Crippen LogP contribution in [0, 0.1) is 0 Å². The summed E-state index contributed by atoms with van der Waals surface area (Å²) in [6, 6.07) is 0. The van der Waals surface area contributed by atoms with Gasteiger partial charge in [-0.1, -0.05) is 0 Å². The second-order valence-electron chi connectivity index (χ2n) is 5.07. The van der Waals surface area contributed by atoms with Gasteiger partial charge >= 0.3 is 5.97 Å². The molecule has 8 heteroatoms. The number of piperidine rings is 1. The number of hydrogen-bond acceptors (Lipinski definition) is 6. The van der Waals surface area contributed by atoms with E-state index in [1.54, 1.807) is 6.20 Å². The number of methoxy groups -OCH3 is 1. The van der Waals surface area contributed by atoms with Gasteiger partial charge in [0.05, 0.1) is 19.1 Å². The van der Waals surface area contributed by atoms with Gasteiger partial charge in [-0.25, -0.2) is 17.7 Å². The quantitative estimate of drug-likeness (QED) is 0.731. The highest BCUT2D eigenvalue weighted by molar-refractivity contribution is 7.89. The molecule has 0 radical (unpaired) electrons. The highest BCUT2D eigenvalue weighted by Gasteiger charge is 2.29. The van der Waals surface area contributed by atoms with Crippen molar-refractivity contribution in [3.63, 3.8) is 0 Å². The number of hydrogen-bond donors (Lipinski definition) is 0. The van der Waals surface area contributed by atoms with Crippen molar-refractivity contribution in [1.29, 1.82) is 0 Å². The Bertz CT molecular complexity index is 547. The molecule has 1 aliphatic rings. The molecule has 1 saturated heterocycles. The maximum atomic E-state index is 12.2. The summed E-state index contributed by atoms with van der Waals surface area (Å²) >= 11 is 0. The Kier molecular flexibility index (Phi) is 5.35. The largest absolute Gasteiger partial charge is 0.469 e. The van der Waals surface area contributed by atoms with E-state index in [0.29, 0.717) is 13.1 Å². The maximum absolute atomic E-state index is 12.2. The lowest BCUT2D eigenvalue weighted by Crippen LogP contribution is -2.39. The van der Waals surface area contributed by atoms with Crippen LogP contribution in [0.3, 0.4) is 0 Å². The fourth-order valence-corrected chi connectivity index (χ4v) is 4.01. The number of esters is 1. The number of carbonyl (C=O) groups excluding carboxylic acids is 1. The first kappa shape index (κ1) is 16.0. The number of rotatable bonds is 6. The number of aromatic nitrogens is 1. The topological polar surface area (TPSA) is 89.7 Å². The molecule has 0 N–H and O–H groups in total. The summed E-state index contributed by atoms with van der Waals surface area (Å²) in [6.07, 6.45) is 4.95. The maximum Gasteiger partial charge on any atom is 0.305 e. The number of ether oxygens (including phenoxy) is 1. The van der Waals surface area contributed by atoms with Crippen molar-refractivity contribution >= 4 is 16.0 Å². The molecule has 0 aliphatic carbocycles. The molecule has 21 heavy (non-hydrogen) atoms. The molecular weight excluding hydrogens is 296 g/mol. The SMILES string of the molecule is COC(=O)CCCS(=O)(=O)N1CCC(c2cnco2)CC1. The van der Waals surface area contributed by atoms with Gasteiger partial charge in [-0.3, -0.25) is 4.79 Å². The van der Waals surface area contributed by atoms with Crippen molar-refractivity contribution in [2.24, 2.45) is 0 Å². The summed E-state index contributed by atoms with van der Waals surface area (Å²) in [5.41, 5.74) is 0. The molecule has 7 nitrogen and oxygen atoms in total. The van der Waals surface area contributed by atoms with E-state index in [1.165, 1.54) is 17.8 Å². The van der Waals surface area contributed by atoms with E-state index in [2.05, 4.69) is 9.72 Å². The fourth-order valence-electron chi connectivity index (χ4n) is 2.48. The van der Waals surface area contributed by atoms with Gasteiger partial charge in [0.2, 0.25) is 10.0 Å². The molecule has 0 saturated carbocycles. The average Bonchev–Trinajstić information content (AvgIpc) is 3.01. The summed E-state index contributed by atoms with van der Waals surface area (Å²) in [5, 5.41) is 0. The molecule has 2 heterocycles. The van der Waals surface area contributed by atoms with E-state index in [9.17, 15) is 13.2 Å². The van der Waals surface area contributed by atoms with Crippen molar-refractivity contribution in [2.75, 3.05) is 26.0 Å². The Morgan fingerprint density at radius 2 is 2.19 bits per heavy atom. The smallest absolute Gasteiger partial charge is 0.305 e. The van der Waals surface area contributed by atoms with Gasteiger partial charge in [-0.15, -0.1) is 0 Å². The first-order valence-corrected chi connectivity index (χ1v) is 8.57. The minimum Gasteiger partial charge on any atom is -0.469 e. The molecule has 2 rings (SSSR count). The third-order valence-electron chi connectivity index (χ3n) is 3.71. The third-order valence-corrected chi connectivity index (χ3v) is 5.67. The van der Waals surface area contributed by atoms with Crippen LogP contribution in [-0.2, 0) is 19.6 Å². The van der Waals surface area contributed by atoms with Gasteiger partial charge in [-0.05, 0) is 19.3 Å². The lowest BCUT2D eigenvalue weighted by Gasteiger charge is -2.30. The van der Waals surface area contributed by atoms with E-state index >= 15 is 0 Å². The number of nitrogens with zero attached hydrogens (tertiary/aromatic N) is 2.